The largest absolute Gasteiger partial charge is 0.422 e. The van der Waals surface area contributed by atoms with Crippen LogP contribution in [0.4, 0.5) is 0 Å². The van der Waals surface area contributed by atoms with Crippen molar-refractivity contribution in [3.8, 4) is 5.75 Å². The molecule has 0 amide bonds. The fraction of sp³-hybridized carbons (Fsp3) is 0.0625. The Balaban J connectivity index is 2.10. The van der Waals surface area contributed by atoms with E-state index in [1.165, 1.54) is 5.56 Å². The minimum atomic E-state index is -0.280. The molecule has 0 spiro atoms. The minimum Gasteiger partial charge on any atom is -0.422 e. The van der Waals surface area contributed by atoms with Gasteiger partial charge < -0.3 is 4.74 Å². The Bertz CT molecular complexity index is 654. The number of rotatable bonds is 1. The maximum absolute atomic E-state index is 11.8. The van der Waals surface area contributed by atoms with Gasteiger partial charge in [-0.1, -0.05) is 48.0 Å². The Morgan fingerprint density at radius 3 is 2.72 bits per heavy atom. The van der Waals surface area contributed by atoms with E-state index in [4.69, 9.17) is 4.74 Å². The van der Waals surface area contributed by atoms with Gasteiger partial charge in [0.1, 0.15) is 5.75 Å². The van der Waals surface area contributed by atoms with E-state index in [-0.39, 0.29) is 5.97 Å². The molecule has 3 rings (SSSR count). The van der Waals surface area contributed by atoms with Crippen LogP contribution in [0, 0.1) is 6.92 Å². The highest BCUT2D eigenvalue weighted by Crippen LogP contribution is 2.34. The van der Waals surface area contributed by atoms with E-state index in [9.17, 15) is 4.79 Å². The second-order valence-electron chi connectivity index (χ2n) is 4.36. The molecule has 2 nitrogen and oxygen atoms in total. The van der Waals surface area contributed by atoms with Crippen molar-refractivity contribution >= 4 is 17.6 Å². The average Bonchev–Trinajstić information content (AvgIpc) is 2.66. The molecular weight excluding hydrogens is 224 g/mol. The Hall–Kier alpha value is -2.35. The third kappa shape index (κ3) is 1.82. The summed E-state index contributed by atoms with van der Waals surface area (Å²) in [6.07, 6.45) is 1.88. The van der Waals surface area contributed by atoms with E-state index in [1.807, 2.05) is 61.5 Å². The van der Waals surface area contributed by atoms with Crippen LogP contribution in [0.25, 0.3) is 11.6 Å². The van der Waals surface area contributed by atoms with Crippen LogP contribution in [0.2, 0.25) is 0 Å². The van der Waals surface area contributed by atoms with Gasteiger partial charge in [0.25, 0.3) is 0 Å². The van der Waals surface area contributed by atoms with Crippen molar-refractivity contribution in [3.05, 3.63) is 65.2 Å². The van der Waals surface area contributed by atoms with E-state index in [2.05, 4.69) is 0 Å². The van der Waals surface area contributed by atoms with Crippen LogP contribution >= 0.6 is 0 Å². The lowest BCUT2D eigenvalue weighted by atomic mass is 10.0. The highest BCUT2D eigenvalue weighted by atomic mass is 16.5. The molecule has 0 atom stereocenters. The molecular formula is C16H12O2. The number of esters is 1. The minimum absolute atomic E-state index is 0.280. The van der Waals surface area contributed by atoms with Crippen LogP contribution in [-0.2, 0) is 4.79 Å². The van der Waals surface area contributed by atoms with Gasteiger partial charge in [-0.15, -0.1) is 0 Å². The average molecular weight is 236 g/mol. The standard InChI is InChI=1S/C16H12O2/c1-11-5-4-6-12(9-11)10-14-13-7-2-3-8-15(13)18-16(14)17/h2-10H,1H3. The molecule has 0 saturated carbocycles. The van der Waals surface area contributed by atoms with Crippen molar-refractivity contribution in [2.75, 3.05) is 0 Å². The maximum Gasteiger partial charge on any atom is 0.344 e. The first kappa shape index (κ1) is 10.8. The summed E-state index contributed by atoms with van der Waals surface area (Å²) < 4.78 is 5.21. The van der Waals surface area contributed by atoms with Crippen molar-refractivity contribution in [2.45, 2.75) is 6.92 Å². The molecule has 0 aromatic heterocycles. The fourth-order valence-electron chi connectivity index (χ4n) is 2.11. The molecule has 1 heterocycles. The third-order valence-corrected chi connectivity index (χ3v) is 2.95. The second-order valence-corrected chi connectivity index (χ2v) is 4.36. The van der Waals surface area contributed by atoms with Crippen molar-refractivity contribution in [1.29, 1.82) is 0 Å². The smallest absolute Gasteiger partial charge is 0.344 e. The molecule has 2 aromatic rings. The Morgan fingerprint density at radius 2 is 1.89 bits per heavy atom. The summed E-state index contributed by atoms with van der Waals surface area (Å²) in [6, 6.07) is 15.5. The molecule has 0 N–H and O–H groups in total. The van der Waals surface area contributed by atoms with Crippen LogP contribution in [0.5, 0.6) is 5.75 Å². The number of para-hydroxylation sites is 1. The summed E-state index contributed by atoms with van der Waals surface area (Å²) in [5.41, 5.74) is 3.67. The van der Waals surface area contributed by atoms with Gasteiger partial charge in [-0.3, -0.25) is 0 Å². The number of benzene rings is 2. The highest BCUT2D eigenvalue weighted by molar-refractivity contribution is 6.25. The number of hydrogen-bond donors (Lipinski definition) is 0. The Labute approximate surface area is 106 Å². The number of fused-ring (bicyclic) bond motifs is 1. The zero-order valence-electron chi connectivity index (χ0n) is 10.0. The van der Waals surface area contributed by atoms with Gasteiger partial charge in [0.2, 0.25) is 0 Å². The lowest BCUT2D eigenvalue weighted by Gasteiger charge is -1.98. The number of carbonyl (C=O) groups is 1. The first-order valence-corrected chi connectivity index (χ1v) is 5.84. The van der Waals surface area contributed by atoms with Gasteiger partial charge in [-0.2, -0.15) is 0 Å². The van der Waals surface area contributed by atoms with Gasteiger partial charge in [0.05, 0.1) is 5.57 Å². The molecule has 0 bridgehead atoms. The first-order valence-electron chi connectivity index (χ1n) is 5.84. The van der Waals surface area contributed by atoms with Gasteiger partial charge in [0.15, 0.2) is 0 Å². The highest BCUT2D eigenvalue weighted by Gasteiger charge is 2.25. The Kier molecular flexibility index (Phi) is 2.49. The summed E-state index contributed by atoms with van der Waals surface area (Å²) in [4.78, 5) is 11.8. The number of hydrogen-bond acceptors (Lipinski definition) is 2. The molecule has 2 heteroatoms. The van der Waals surface area contributed by atoms with E-state index in [1.54, 1.807) is 0 Å². The van der Waals surface area contributed by atoms with Crippen LogP contribution in [0.1, 0.15) is 16.7 Å². The van der Waals surface area contributed by atoms with Crippen molar-refractivity contribution < 1.29 is 9.53 Å². The zero-order chi connectivity index (χ0) is 12.5. The lowest BCUT2D eigenvalue weighted by Crippen LogP contribution is -2.00. The summed E-state index contributed by atoms with van der Waals surface area (Å²) in [7, 11) is 0. The zero-order valence-corrected chi connectivity index (χ0v) is 10.0. The second kappa shape index (κ2) is 4.15. The summed E-state index contributed by atoms with van der Waals surface area (Å²) in [5, 5.41) is 0. The molecule has 2 aromatic carbocycles. The van der Waals surface area contributed by atoms with Crippen molar-refractivity contribution in [3.63, 3.8) is 0 Å². The first-order chi connectivity index (χ1) is 8.74. The van der Waals surface area contributed by atoms with Gasteiger partial charge in [-0.25, -0.2) is 4.79 Å². The molecule has 0 aliphatic carbocycles. The molecule has 0 saturated heterocycles. The van der Waals surface area contributed by atoms with Gasteiger partial charge >= 0.3 is 5.97 Å². The van der Waals surface area contributed by atoms with Crippen LogP contribution in [0.3, 0.4) is 0 Å². The quantitative estimate of drug-likeness (QED) is 0.430. The van der Waals surface area contributed by atoms with Crippen molar-refractivity contribution in [2.24, 2.45) is 0 Å². The summed E-state index contributed by atoms with van der Waals surface area (Å²) in [5.74, 6) is 0.360. The molecule has 0 radical (unpaired) electrons. The number of aryl methyl sites for hydroxylation is 1. The van der Waals surface area contributed by atoms with Crippen LogP contribution in [0.15, 0.2) is 48.5 Å². The number of carbonyl (C=O) groups excluding carboxylic acids is 1. The monoisotopic (exact) mass is 236 g/mol. The predicted octanol–water partition coefficient (Wildman–Crippen LogP) is 3.45. The molecule has 0 unspecified atom stereocenters. The van der Waals surface area contributed by atoms with Gasteiger partial charge in [0, 0.05) is 5.56 Å². The lowest BCUT2D eigenvalue weighted by molar-refractivity contribution is -0.126. The maximum atomic E-state index is 11.8. The predicted molar refractivity (Wildman–Crippen MR) is 71.1 cm³/mol. The van der Waals surface area contributed by atoms with Crippen LogP contribution < -0.4 is 4.74 Å². The van der Waals surface area contributed by atoms with Crippen LogP contribution in [-0.4, -0.2) is 5.97 Å². The summed E-state index contributed by atoms with van der Waals surface area (Å²) >= 11 is 0. The van der Waals surface area contributed by atoms with E-state index >= 15 is 0 Å². The summed E-state index contributed by atoms with van der Waals surface area (Å²) in [6.45, 7) is 2.03. The van der Waals surface area contributed by atoms with Gasteiger partial charge in [-0.05, 0) is 24.6 Å². The van der Waals surface area contributed by atoms with E-state index in [0.717, 1.165) is 11.1 Å². The molecule has 18 heavy (non-hydrogen) atoms. The number of ether oxygens (including phenoxy) is 1. The molecule has 1 aliphatic rings. The molecule has 88 valence electrons. The van der Waals surface area contributed by atoms with E-state index in [0.29, 0.717) is 11.3 Å². The normalized spacial score (nSPS) is 15.6. The molecule has 0 fully saturated rings. The molecule has 1 aliphatic heterocycles. The third-order valence-electron chi connectivity index (χ3n) is 2.95. The SMILES string of the molecule is Cc1cccc(C=C2C(=O)Oc3ccccc32)c1. The Morgan fingerprint density at radius 1 is 1.06 bits per heavy atom. The van der Waals surface area contributed by atoms with Crippen molar-refractivity contribution in [1.82, 2.24) is 0 Å². The fourth-order valence-corrected chi connectivity index (χ4v) is 2.11. The van der Waals surface area contributed by atoms with E-state index < -0.39 is 0 Å². The topological polar surface area (TPSA) is 26.3 Å².